The summed E-state index contributed by atoms with van der Waals surface area (Å²) in [4.78, 5) is 110. The van der Waals surface area contributed by atoms with Crippen molar-refractivity contribution in [3.05, 3.63) is 0 Å². The lowest BCUT2D eigenvalue weighted by Gasteiger charge is -2.28. The van der Waals surface area contributed by atoms with E-state index in [-0.39, 0.29) is 63.7 Å². The summed E-state index contributed by atoms with van der Waals surface area (Å²) >= 11 is 0. The van der Waals surface area contributed by atoms with Gasteiger partial charge >= 0.3 is 0 Å². The number of aliphatic hydroxyl groups excluding tert-OH is 4. The van der Waals surface area contributed by atoms with Crippen LogP contribution in [0.25, 0.3) is 0 Å². The van der Waals surface area contributed by atoms with Crippen molar-refractivity contribution in [2.45, 2.75) is 192 Å². The minimum absolute atomic E-state index is 0.0677. The Morgan fingerprint density at radius 1 is 0.457 bits per heavy atom. The molecule has 3 aliphatic heterocycles. The molecule has 3 heterocycles. The third kappa shape index (κ3) is 17.9. The molecule has 4 bridgehead atoms. The third-order valence-corrected chi connectivity index (χ3v) is 12.5. The molecular formula is C46H82N10O14. The molecule has 3 rings (SSSR count). The number of nitrogens with one attached hydrogen (secondary N) is 8. The van der Waals surface area contributed by atoms with Gasteiger partial charge in [-0.2, -0.15) is 0 Å². The first-order valence-corrected chi connectivity index (χ1v) is 24.7. The van der Waals surface area contributed by atoms with Gasteiger partial charge in [-0.25, -0.2) is 0 Å². The van der Waals surface area contributed by atoms with E-state index in [2.05, 4.69) is 42.5 Å². The number of nitrogens with two attached hydrogens (primary N) is 2. The molecule has 0 aromatic rings. The molecule has 0 aromatic heterocycles. The molecule has 16 N–H and O–H groups in total. The average molecular weight is 999 g/mol. The van der Waals surface area contributed by atoms with E-state index in [9.17, 15) is 58.8 Å². The van der Waals surface area contributed by atoms with Gasteiger partial charge in [-0.3, -0.25) is 38.4 Å². The van der Waals surface area contributed by atoms with E-state index < -0.39 is 157 Å². The Morgan fingerprint density at radius 3 is 1.07 bits per heavy atom. The summed E-state index contributed by atoms with van der Waals surface area (Å²) in [5, 5.41) is 65.0. The fourth-order valence-electron chi connectivity index (χ4n) is 8.53. The molecule has 14 atom stereocenters. The normalized spacial score (nSPS) is 33.3. The molecule has 0 aromatic carbocycles. The van der Waals surface area contributed by atoms with Crippen molar-refractivity contribution >= 4 is 47.3 Å². The van der Waals surface area contributed by atoms with Gasteiger partial charge < -0.3 is 83.9 Å². The lowest BCUT2D eigenvalue weighted by Crippen LogP contribution is -2.58. The second-order valence-electron chi connectivity index (χ2n) is 20.2. The highest BCUT2D eigenvalue weighted by Crippen LogP contribution is 2.25. The van der Waals surface area contributed by atoms with Crippen LogP contribution in [-0.2, 0) is 47.8 Å². The summed E-state index contributed by atoms with van der Waals surface area (Å²) in [6.45, 7) is 13.6. The first-order valence-electron chi connectivity index (χ1n) is 24.7. The Morgan fingerprint density at radius 2 is 0.771 bits per heavy atom. The number of hydrogen-bond donors (Lipinski definition) is 14. The summed E-state index contributed by atoms with van der Waals surface area (Å²) in [6, 6.07) is -7.08. The van der Waals surface area contributed by atoms with Crippen molar-refractivity contribution in [2.75, 3.05) is 26.2 Å². The van der Waals surface area contributed by atoms with Crippen LogP contribution in [0.3, 0.4) is 0 Å². The van der Waals surface area contributed by atoms with Gasteiger partial charge in [0.2, 0.25) is 47.3 Å². The van der Waals surface area contributed by atoms with Crippen LogP contribution in [0, 0.1) is 23.7 Å². The maximum Gasteiger partial charge on any atom is 0.243 e. The molecule has 8 amide bonds. The molecule has 0 saturated carbocycles. The topological polar surface area (TPSA) is 384 Å². The summed E-state index contributed by atoms with van der Waals surface area (Å²) in [7, 11) is 0. The summed E-state index contributed by atoms with van der Waals surface area (Å²) < 4.78 is 11.7. The predicted molar refractivity (Wildman–Crippen MR) is 253 cm³/mol. The van der Waals surface area contributed by atoms with Crippen LogP contribution >= 0.6 is 0 Å². The summed E-state index contributed by atoms with van der Waals surface area (Å²) in [5.74, 6) is -6.94. The van der Waals surface area contributed by atoms with Crippen LogP contribution < -0.4 is 54.0 Å². The van der Waals surface area contributed by atoms with E-state index in [1.165, 1.54) is 0 Å². The molecule has 0 unspecified atom stereocenters. The molecule has 70 heavy (non-hydrogen) atoms. The van der Waals surface area contributed by atoms with Gasteiger partial charge in [0.1, 0.15) is 72.9 Å². The van der Waals surface area contributed by atoms with Crippen LogP contribution in [0.5, 0.6) is 0 Å². The van der Waals surface area contributed by atoms with E-state index in [1.54, 1.807) is 27.7 Å². The Bertz CT molecular complexity index is 1650. The van der Waals surface area contributed by atoms with Gasteiger partial charge in [-0.1, -0.05) is 55.4 Å². The quantitative estimate of drug-likeness (QED) is 0.0881. The molecular weight excluding hydrogens is 917 g/mol. The highest BCUT2D eigenvalue weighted by molar-refractivity contribution is 5.95. The number of fused-ring (bicyclic) bond motifs is 4. The minimum atomic E-state index is -1.57. The van der Waals surface area contributed by atoms with Crippen LogP contribution in [0.15, 0.2) is 0 Å². The molecule has 3 aliphatic rings. The van der Waals surface area contributed by atoms with Crippen molar-refractivity contribution in [3.63, 3.8) is 0 Å². The molecule has 0 spiro atoms. The van der Waals surface area contributed by atoms with E-state index in [1.807, 2.05) is 27.7 Å². The largest absolute Gasteiger partial charge is 0.388 e. The zero-order valence-electron chi connectivity index (χ0n) is 41.9. The average Bonchev–Trinajstić information content (AvgIpc) is 3.70. The lowest BCUT2D eigenvalue weighted by atomic mass is 9.99. The lowest BCUT2D eigenvalue weighted by molar-refractivity contribution is -0.135. The molecule has 0 aliphatic carbocycles. The number of hydrogen-bond acceptors (Lipinski definition) is 16. The zero-order chi connectivity index (χ0) is 52.6. The standard InChI is InChI=1S/C46H82N10O14/c1-21(2)15-27-41(63)49-19-31-39(61)37(59)29(69-31)17-33(57)56-36(24(7)8)46(68)52-26(12-10-14-48)44(66)54-28(16-22(3)4)42(64)50-20-32-40(62)38(60)30(70-32)18-34(58)55-35(23(5)6)45(67)51-25(11-9-13-47)43(65)53-27/h21-32,35-40,59-62H,9-20,47-48H2,1-8H3,(H,49,63)(H,50,64)(H,51,67)(H,52,68)(H,53,65)(H,54,66)(H,55,58)(H,56,57)/t25-,26-,27-,28-,29-,30-,31+,32+,35-,36-,37-,38-,39+,40+/m0/s1. The third-order valence-electron chi connectivity index (χ3n) is 12.5. The number of amides is 8. The summed E-state index contributed by atoms with van der Waals surface area (Å²) in [5.41, 5.74) is 11.5. The summed E-state index contributed by atoms with van der Waals surface area (Å²) in [6.07, 6.45) is -11.1. The minimum Gasteiger partial charge on any atom is -0.388 e. The monoisotopic (exact) mass is 999 g/mol. The highest BCUT2D eigenvalue weighted by Gasteiger charge is 2.46. The Hall–Kier alpha value is -4.56. The predicted octanol–water partition coefficient (Wildman–Crippen LogP) is -4.22. The first kappa shape index (κ1) is 59.7. The molecule has 400 valence electrons. The Kier molecular flexibility index (Phi) is 24.3. The number of carbonyl (C=O) groups excluding carboxylic acids is 8. The van der Waals surface area contributed by atoms with E-state index >= 15 is 0 Å². The number of ether oxygens (including phenoxy) is 2. The van der Waals surface area contributed by atoms with E-state index in [0.29, 0.717) is 12.8 Å². The molecule has 3 fully saturated rings. The van der Waals surface area contributed by atoms with Gasteiger partial charge in [0.15, 0.2) is 0 Å². The maximum atomic E-state index is 13.9. The maximum absolute atomic E-state index is 13.9. The first-order chi connectivity index (χ1) is 32.9. The van der Waals surface area contributed by atoms with E-state index in [4.69, 9.17) is 20.9 Å². The SMILES string of the molecule is CC(C)C[C@@H]1NC(=O)[C@H](CCCN)NC(=O)[C@H](C(C)C)NC(=O)C[C@@H]2O[C@H](CNC(=O)[C@H](CC(C)C)NC(=O)[C@H](CCCN)NC(=O)[C@H](C(C)C)NC(=O)C[C@@H]3O[C@H](CNC1=O)[C@@H](O)[C@H]3O)[C@@H](O)[C@H]2O. The second kappa shape index (κ2) is 28.5. The van der Waals surface area contributed by atoms with Gasteiger partial charge in [0.25, 0.3) is 0 Å². The molecule has 3 saturated heterocycles. The number of aliphatic hydroxyl groups is 4. The van der Waals surface area contributed by atoms with Gasteiger partial charge in [-0.15, -0.1) is 0 Å². The van der Waals surface area contributed by atoms with Crippen molar-refractivity contribution < 1.29 is 68.3 Å². The fourth-order valence-corrected chi connectivity index (χ4v) is 8.53. The highest BCUT2D eigenvalue weighted by atomic mass is 16.5. The van der Waals surface area contributed by atoms with Crippen molar-refractivity contribution in [2.24, 2.45) is 35.1 Å². The molecule has 0 radical (unpaired) electrons. The van der Waals surface area contributed by atoms with Crippen molar-refractivity contribution in [1.82, 2.24) is 42.5 Å². The van der Waals surface area contributed by atoms with Crippen molar-refractivity contribution in [3.8, 4) is 0 Å². The number of carbonyl (C=O) groups is 8. The Labute approximate surface area is 410 Å². The van der Waals surface area contributed by atoms with Gasteiger partial charge in [-0.05, 0) is 75.3 Å². The fraction of sp³-hybridized carbons (Fsp3) is 0.826. The smallest absolute Gasteiger partial charge is 0.243 e. The number of rotatable bonds is 12. The Balaban J connectivity index is 1.98. The van der Waals surface area contributed by atoms with Crippen LogP contribution in [-0.4, -0.2) is 179 Å². The molecule has 24 nitrogen and oxygen atoms in total. The molecule has 24 heteroatoms. The van der Waals surface area contributed by atoms with Crippen molar-refractivity contribution in [1.29, 1.82) is 0 Å². The van der Waals surface area contributed by atoms with Crippen LogP contribution in [0.4, 0.5) is 0 Å². The van der Waals surface area contributed by atoms with Crippen LogP contribution in [0.2, 0.25) is 0 Å². The zero-order valence-corrected chi connectivity index (χ0v) is 41.9. The van der Waals surface area contributed by atoms with Crippen LogP contribution in [0.1, 0.15) is 107 Å². The second-order valence-corrected chi connectivity index (χ2v) is 20.2. The van der Waals surface area contributed by atoms with Gasteiger partial charge in [0, 0.05) is 13.1 Å². The van der Waals surface area contributed by atoms with E-state index in [0.717, 1.165) is 0 Å². The van der Waals surface area contributed by atoms with Gasteiger partial charge in [0.05, 0.1) is 25.0 Å².